The van der Waals surface area contributed by atoms with Crippen LogP contribution in [0.1, 0.15) is 10.4 Å². The molecule has 3 N–H and O–H groups in total. The maximum Gasteiger partial charge on any atom is 0.338 e. The molecule has 0 aliphatic carbocycles. The minimum atomic E-state index is -1.10. The van der Waals surface area contributed by atoms with Crippen LogP contribution in [-0.2, 0) is 0 Å². The second-order valence-electron chi connectivity index (χ2n) is 3.61. The van der Waals surface area contributed by atoms with Crippen LogP contribution in [0.25, 0.3) is 0 Å². The summed E-state index contributed by atoms with van der Waals surface area (Å²) in [6.45, 7) is 0. The molecule has 2 heterocycles. The number of ether oxygens (including phenoxy) is 1. The van der Waals surface area contributed by atoms with Crippen molar-refractivity contribution in [1.82, 2.24) is 4.98 Å². The van der Waals surface area contributed by atoms with Crippen molar-refractivity contribution in [2.45, 2.75) is 0 Å². The van der Waals surface area contributed by atoms with Crippen LogP contribution in [0.2, 0.25) is 0 Å². The van der Waals surface area contributed by atoms with Crippen molar-refractivity contribution in [2.75, 3.05) is 17.7 Å². The molecule has 0 fully saturated rings. The molecule has 8 heteroatoms. The van der Waals surface area contributed by atoms with Crippen molar-refractivity contribution in [1.29, 1.82) is 0 Å². The number of nitrogens with zero attached hydrogens (tertiary/aromatic N) is 1. The van der Waals surface area contributed by atoms with E-state index < -0.39 is 12.0 Å². The second-order valence-corrected chi connectivity index (χ2v) is 4.52. The van der Waals surface area contributed by atoms with E-state index in [1.165, 1.54) is 19.4 Å². The lowest BCUT2D eigenvalue weighted by atomic mass is 10.3. The highest BCUT2D eigenvalue weighted by molar-refractivity contribution is 7.14. The second kappa shape index (κ2) is 6.02. The summed E-state index contributed by atoms with van der Waals surface area (Å²) in [4.78, 5) is 26.7. The normalized spacial score (nSPS) is 9.85. The molecule has 0 saturated carbocycles. The predicted molar refractivity (Wildman–Crippen MR) is 74.7 cm³/mol. The Morgan fingerprint density at radius 3 is 2.85 bits per heavy atom. The Morgan fingerprint density at radius 2 is 2.15 bits per heavy atom. The van der Waals surface area contributed by atoms with E-state index in [0.717, 1.165) is 11.3 Å². The largest absolute Gasteiger partial charge is 0.480 e. The van der Waals surface area contributed by atoms with Gasteiger partial charge in [0.25, 0.3) is 0 Å². The molecule has 0 aliphatic heterocycles. The monoisotopic (exact) mass is 293 g/mol. The predicted octanol–water partition coefficient (Wildman–Crippen LogP) is 2.49. The number of aromatic carboxylic acids is 1. The molecular weight excluding hydrogens is 282 g/mol. The summed E-state index contributed by atoms with van der Waals surface area (Å²) < 4.78 is 5.00. The molecule has 2 rings (SSSR count). The highest BCUT2D eigenvalue weighted by Crippen LogP contribution is 2.24. The number of rotatable bonds is 4. The van der Waals surface area contributed by atoms with Crippen molar-refractivity contribution >= 4 is 34.0 Å². The van der Waals surface area contributed by atoms with E-state index >= 15 is 0 Å². The third kappa shape index (κ3) is 3.04. The van der Waals surface area contributed by atoms with Gasteiger partial charge in [0, 0.05) is 6.20 Å². The van der Waals surface area contributed by atoms with Gasteiger partial charge in [-0.05, 0) is 23.6 Å². The van der Waals surface area contributed by atoms with Gasteiger partial charge in [-0.2, -0.15) is 0 Å². The van der Waals surface area contributed by atoms with Crippen LogP contribution >= 0.6 is 11.3 Å². The summed E-state index contributed by atoms with van der Waals surface area (Å²) in [5.74, 6) is -0.826. The first-order chi connectivity index (χ1) is 9.61. The van der Waals surface area contributed by atoms with E-state index in [0.29, 0.717) is 5.69 Å². The maximum absolute atomic E-state index is 11.8. The van der Waals surface area contributed by atoms with Crippen LogP contribution in [0.15, 0.2) is 29.8 Å². The van der Waals surface area contributed by atoms with Gasteiger partial charge in [0.05, 0.1) is 12.7 Å². The SMILES string of the molecule is COc1ncccc1NC(=O)Nc1sccc1C(=O)O. The topological polar surface area (TPSA) is 101 Å². The molecule has 0 aromatic carbocycles. The van der Waals surface area contributed by atoms with Gasteiger partial charge in [-0.25, -0.2) is 14.6 Å². The van der Waals surface area contributed by atoms with Gasteiger partial charge in [0.2, 0.25) is 5.88 Å². The molecule has 2 amide bonds. The highest BCUT2D eigenvalue weighted by atomic mass is 32.1. The quantitative estimate of drug-likeness (QED) is 0.804. The van der Waals surface area contributed by atoms with E-state index in [1.807, 2.05) is 0 Å². The number of carboxylic acids is 1. The summed E-state index contributed by atoms with van der Waals surface area (Å²) in [5, 5.41) is 15.8. The first-order valence-corrected chi connectivity index (χ1v) is 6.37. The Morgan fingerprint density at radius 1 is 1.35 bits per heavy atom. The van der Waals surface area contributed by atoms with E-state index in [1.54, 1.807) is 17.5 Å². The molecule has 20 heavy (non-hydrogen) atoms. The third-order valence-corrected chi connectivity index (χ3v) is 3.17. The zero-order chi connectivity index (χ0) is 14.5. The van der Waals surface area contributed by atoms with Crippen LogP contribution < -0.4 is 15.4 Å². The number of urea groups is 1. The number of carboxylic acid groups (broad SMARTS) is 1. The number of pyridine rings is 1. The zero-order valence-corrected chi connectivity index (χ0v) is 11.2. The molecule has 0 spiro atoms. The van der Waals surface area contributed by atoms with Gasteiger partial charge < -0.3 is 15.2 Å². The number of thiophene rings is 1. The van der Waals surface area contributed by atoms with E-state index in [2.05, 4.69) is 15.6 Å². The molecular formula is C12H11N3O4S. The van der Waals surface area contributed by atoms with Gasteiger partial charge in [-0.15, -0.1) is 11.3 Å². The van der Waals surface area contributed by atoms with Crippen molar-refractivity contribution in [3.05, 3.63) is 35.3 Å². The standard InChI is InChI=1S/C12H11N3O4S/c1-19-9-8(3-2-5-13-9)14-12(18)15-10-7(11(16)17)4-6-20-10/h2-6H,1H3,(H,16,17)(H2,14,15,18). The Labute approximate surface area is 118 Å². The Balaban J connectivity index is 2.09. The highest BCUT2D eigenvalue weighted by Gasteiger charge is 2.14. The molecule has 2 aromatic rings. The van der Waals surface area contributed by atoms with Gasteiger partial charge in [-0.1, -0.05) is 0 Å². The van der Waals surface area contributed by atoms with Crippen LogP contribution in [0, 0.1) is 0 Å². The summed E-state index contributed by atoms with van der Waals surface area (Å²) >= 11 is 1.13. The number of amides is 2. The average Bonchev–Trinajstić information content (AvgIpc) is 2.87. The number of anilines is 2. The number of aromatic nitrogens is 1. The van der Waals surface area contributed by atoms with E-state index in [-0.39, 0.29) is 16.4 Å². The van der Waals surface area contributed by atoms with Gasteiger partial charge >= 0.3 is 12.0 Å². The number of methoxy groups -OCH3 is 1. The van der Waals surface area contributed by atoms with Crippen molar-refractivity contribution in [3.63, 3.8) is 0 Å². The Hall–Kier alpha value is -2.61. The van der Waals surface area contributed by atoms with Crippen molar-refractivity contribution < 1.29 is 19.4 Å². The number of carbonyl (C=O) groups is 2. The lowest BCUT2D eigenvalue weighted by molar-refractivity contribution is 0.0698. The molecule has 2 aromatic heterocycles. The Kier molecular flexibility index (Phi) is 4.16. The first-order valence-electron chi connectivity index (χ1n) is 5.49. The molecule has 0 atom stereocenters. The maximum atomic E-state index is 11.8. The van der Waals surface area contributed by atoms with E-state index in [4.69, 9.17) is 9.84 Å². The first kappa shape index (κ1) is 13.8. The van der Waals surface area contributed by atoms with Crippen LogP contribution in [-0.4, -0.2) is 29.2 Å². The minimum Gasteiger partial charge on any atom is -0.480 e. The smallest absolute Gasteiger partial charge is 0.338 e. The fraction of sp³-hybridized carbons (Fsp3) is 0.0833. The fourth-order valence-electron chi connectivity index (χ4n) is 1.48. The summed E-state index contributed by atoms with van der Waals surface area (Å²) in [6.07, 6.45) is 1.53. The lowest BCUT2D eigenvalue weighted by Crippen LogP contribution is -2.20. The number of hydrogen-bond acceptors (Lipinski definition) is 5. The number of hydrogen-bond donors (Lipinski definition) is 3. The molecule has 0 saturated heterocycles. The minimum absolute atomic E-state index is 0.0447. The molecule has 0 unspecified atom stereocenters. The molecule has 104 valence electrons. The summed E-state index contributed by atoms with van der Waals surface area (Å²) in [7, 11) is 1.44. The summed E-state index contributed by atoms with van der Waals surface area (Å²) in [6, 6.07) is 4.12. The molecule has 0 radical (unpaired) electrons. The zero-order valence-electron chi connectivity index (χ0n) is 10.4. The van der Waals surface area contributed by atoms with Crippen molar-refractivity contribution in [3.8, 4) is 5.88 Å². The lowest BCUT2D eigenvalue weighted by Gasteiger charge is -2.09. The molecule has 7 nitrogen and oxygen atoms in total. The van der Waals surface area contributed by atoms with Gasteiger partial charge in [0.1, 0.15) is 10.7 Å². The van der Waals surface area contributed by atoms with Crippen molar-refractivity contribution in [2.24, 2.45) is 0 Å². The third-order valence-electron chi connectivity index (χ3n) is 2.34. The molecule has 0 aliphatic rings. The van der Waals surface area contributed by atoms with Crippen LogP contribution in [0.4, 0.5) is 15.5 Å². The van der Waals surface area contributed by atoms with Crippen LogP contribution in [0.5, 0.6) is 5.88 Å². The van der Waals surface area contributed by atoms with Gasteiger partial charge in [0.15, 0.2) is 0 Å². The summed E-state index contributed by atoms with van der Waals surface area (Å²) in [5.41, 5.74) is 0.434. The van der Waals surface area contributed by atoms with E-state index in [9.17, 15) is 9.59 Å². The van der Waals surface area contributed by atoms with Gasteiger partial charge in [-0.3, -0.25) is 5.32 Å². The fourth-order valence-corrected chi connectivity index (χ4v) is 2.25. The Bertz CT molecular complexity index is 641. The average molecular weight is 293 g/mol. The van der Waals surface area contributed by atoms with Crippen LogP contribution in [0.3, 0.4) is 0 Å². The molecule has 0 bridgehead atoms. The number of carbonyl (C=O) groups excluding carboxylic acids is 1. The number of nitrogens with one attached hydrogen (secondary N) is 2.